The van der Waals surface area contributed by atoms with Crippen LogP contribution in [0.4, 0.5) is 15.8 Å². The number of thiocarbonyl (C=S) groups is 1. The summed E-state index contributed by atoms with van der Waals surface area (Å²) in [4.78, 5) is 6.53. The minimum atomic E-state index is -3.40. The van der Waals surface area contributed by atoms with Gasteiger partial charge >= 0.3 is 0 Å². The number of sulfonamides is 1. The molecule has 1 saturated heterocycles. The highest BCUT2D eigenvalue weighted by atomic mass is 35.5. The van der Waals surface area contributed by atoms with E-state index in [1.807, 2.05) is 46.0 Å². The first-order valence-electron chi connectivity index (χ1n) is 10.9. The van der Waals surface area contributed by atoms with Gasteiger partial charge in [-0.05, 0) is 78.9 Å². The summed E-state index contributed by atoms with van der Waals surface area (Å²) in [5.74, 6) is -0.492. The molecule has 0 aliphatic carbocycles. The number of halogens is 2. The van der Waals surface area contributed by atoms with Gasteiger partial charge in [0, 0.05) is 35.1 Å². The van der Waals surface area contributed by atoms with E-state index >= 15 is 0 Å². The van der Waals surface area contributed by atoms with Crippen LogP contribution in [0.15, 0.2) is 85.2 Å². The minimum absolute atomic E-state index is 0.0271. The van der Waals surface area contributed by atoms with Crippen LogP contribution in [-0.4, -0.2) is 29.3 Å². The van der Waals surface area contributed by atoms with Crippen molar-refractivity contribution in [2.75, 3.05) is 15.9 Å². The van der Waals surface area contributed by atoms with Gasteiger partial charge in [-0.15, -0.1) is 0 Å². The van der Waals surface area contributed by atoms with Gasteiger partial charge in [0.1, 0.15) is 11.9 Å². The Labute approximate surface area is 218 Å². The van der Waals surface area contributed by atoms with Crippen LogP contribution < -0.4 is 14.9 Å². The molecule has 36 heavy (non-hydrogen) atoms. The Morgan fingerprint density at radius 3 is 2.47 bits per heavy atom. The number of benzene rings is 2. The summed E-state index contributed by atoms with van der Waals surface area (Å²) in [6.45, 7) is 0. The van der Waals surface area contributed by atoms with Crippen molar-refractivity contribution in [3.8, 4) is 5.69 Å². The molecule has 0 unspecified atom stereocenters. The first-order chi connectivity index (χ1) is 17.2. The molecule has 2 aromatic carbocycles. The van der Waals surface area contributed by atoms with Crippen LogP contribution in [0, 0.1) is 5.82 Å². The number of pyridine rings is 1. The monoisotopic (exact) mass is 541 g/mol. The van der Waals surface area contributed by atoms with Crippen molar-refractivity contribution >= 4 is 50.3 Å². The highest BCUT2D eigenvalue weighted by molar-refractivity contribution is 7.92. The highest BCUT2D eigenvalue weighted by Gasteiger charge is 2.42. The van der Waals surface area contributed by atoms with Crippen molar-refractivity contribution in [2.24, 2.45) is 0 Å². The third kappa shape index (κ3) is 4.79. The Balaban J connectivity index is 1.61. The number of rotatable bonds is 6. The zero-order valence-electron chi connectivity index (χ0n) is 19.0. The van der Waals surface area contributed by atoms with E-state index in [2.05, 4.69) is 15.0 Å². The quantitative estimate of drug-likeness (QED) is 0.326. The first kappa shape index (κ1) is 24.2. The SMILES string of the molecule is CS(=O)(=O)Nc1ccc(N2C(=S)N[C@@H](c3ccccn3)[C@@H]2c2cccn2-c2ccc(F)c(Cl)c2)cc1. The van der Waals surface area contributed by atoms with Gasteiger partial charge in [-0.1, -0.05) is 17.7 Å². The third-order valence-corrected chi connectivity index (χ3v) is 7.02. The molecule has 0 amide bonds. The van der Waals surface area contributed by atoms with Gasteiger partial charge in [-0.25, -0.2) is 12.8 Å². The highest BCUT2D eigenvalue weighted by Crippen LogP contribution is 2.42. The Bertz CT molecular complexity index is 1530. The number of nitrogens with zero attached hydrogens (tertiary/aromatic N) is 3. The molecule has 184 valence electrons. The lowest BCUT2D eigenvalue weighted by atomic mass is 10.0. The van der Waals surface area contributed by atoms with Gasteiger partial charge in [-0.3, -0.25) is 9.71 Å². The van der Waals surface area contributed by atoms with Crippen LogP contribution in [0.25, 0.3) is 5.69 Å². The van der Waals surface area contributed by atoms with E-state index in [4.69, 9.17) is 23.8 Å². The number of nitrogens with one attached hydrogen (secondary N) is 2. The standard InChI is InChI=1S/C25H21ClFN5O2S2/c1-36(33,34)30-16-7-9-17(10-8-16)32-24(23(29-25(32)35)21-5-2-3-13-28-21)22-6-4-14-31(22)18-11-12-20(27)19(26)15-18/h2-15,23-24,30H,1H3,(H,29,35)/t23-,24-/m0/s1. The fraction of sp³-hybridized carbons (Fsp3) is 0.120. The molecule has 3 heterocycles. The molecule has 0 radical (unpaired) electrons. The molecule has 11 heteroatoms. The maximum atomic E-state index is 13.9. The smallest absolute Gasteiger partial charge is 0.229 e. The Kier molecular flexibility index (Phi) is 6.42. The molecule has 1 aliphatic rings. The average molecular weight is 542 g/mol. The molecule has 5 rings (SSSR count). The van der Waals surface area contributed by atoms with Crippen LogP contribution >= 0.6 is 23.8 Å². The van der Waals surface area contributed by atoms with E-state index in [0.29, 0.717) is 16.5 Å². The first-order valence-corrected chi connectivity index (χ1v) is 13.6. The number of hydrogen-bond acceptors (Lipinski definition) is 4. The number of anilines is 2. The second-order valence-electron chi connectivity index (χ2n) is 8.32. The van der Waals surface area contributed by atoms with E-state index in [9.17, 15) is 12.8 Å². The van der Waals surface area contributed by atoms with Crippen molar-refractivity contribution in [3.63, 3.8) is 0 Å². The van der Waals surface area contributed by atoms with Crippen molar-refractivity contribution in [1.82, 2.24) is 14.9 Å². The lowest BCUT2D eigenvalue weighted by Crippen LogP contribution is -2.30. The zero-order valence-corrected chi connectivity index (χ0v) is 21.4. The number of aromatic nitrogens is 2. The van der Waals surface area contributed by atoms with Gasteiger partial charge < -0.3 is 14.8 Å². The Morgan fingerprint density at radius 2 is 1.81 bits per heavy atom. The van der Waals surface area contributed by atoms with Gasteiger partial charge in [0.2, 0.25) is 10.0 Å². The predicted molar refractivity (Wildman–Crippen MR) is 144 cm³/mol. The lowest BCUT2D eigenvalue weighted by Gasteiger charge is -2.29. The molecular weight excluding hydrogens is 521 g/mol. The van der Waals surface area contributed by atoms with Crippen molar-refractivity contribution in [1.29, 1.82) is 0 Å². The second-order valence-corrected chi connectivity index (χ2v) is 10.9. The van der Waals surface area contributed by atoms with E-state index in [1.54, 1.807) is 42.6 Å². The van der Waals surface area contributed by atoms with Crippen LogP contribution in [0.5, 0.6) is 0 Å². The van der Waals surface area contributed by atoms with E-state index in [0.717, 1.165) is 23.3 Å². The molecule has 0 saturated carbocycles. The predicted octanol–water partition coefficient (Wildman–Crippen LogP) is 5.21. The number of hydrogen-bond donors (Lipinski definition) is 2. The summed E-state index contributed by atoms with van der Waals surface area (Å²) in [6, 6.07) is 20.5. The Hall–Kier alpha value is -3.47. The molecule has 4 aromatic rings. The molecule has 2 aromatic heterocycles. The van der Waals surface area contributed by atoms with Gasteiger partial charge in [0.05, 0.1) is 23.0 Å². The molecule has 1 aliphatic heterocycles. The largest absolute Gasteiger partial charge is 0.351 e. The summed E-state index contributed by atoms with van der Waals surface area (Å²) < 4.78 is 41.5. The Morgan fingerprint density at radius 1 is 1.06 bits per heavy atom. The van der Waals surface area contributed by atoms with E-state index < -0.39 is 15.8 Å². The maximum absolute atomic E-state index is 13.9. The lowest BCUT2D eigenvalue weighted by molar-refractivity contribution is 0.549. The fourth-order valence-corrected chi connectivity index (χ4v) is 5.43. The normalized spacial score (nSPS) is 17.8. The van der Waals surface area contributed by atoms with Crippen molar-refractivity contribution in [3.05, 3.63) is 107 Å². The third-order valence-electron chi connectivity index (χ3n) is 5.81. The summed E-state index contributed by atoms with van der Waals surface area (Å²) in [6.07, 6.45) is 4.71. The topological polar surface area (TPSA) is 79.3 Å². The molecule has 2 N–H and O–H groups in total. The van der Waals surface area contributed by atoms with Gasteiger partial charge in [0.25, 0.3) is 0 Å². The van der Waals surface area contributed by atoms with Crippen molar-refractivity contribution < 1.29 is 12.8 Å². The van der Waals surface area contributed by atoms with Crippen LogP contribution in [0.2, 0.25) is 5.02 Å². The zero-order chi connectivity index (χ0) is 25.4. The van der Waals surface area contributed by atoms with E-state index in [-0.39, 0.29) is 17.1 Å². The van der Waals surface area contributed by atoms with Crippen molar-refractivity contribution in [2.45, 2.75) is 12.1 Å². The summed E-state index contributed by atoms with van der Waals surface area (Å²) >= 11 is 11.8. The molecule has 0 bridgehead atoms. The molecule has 1 fully saturated rings. The molecule has 0 spiro atoms. The average Bonchev–Trinajstić information content (AvgIpc) is 3.45. The molecule has 7 nitrogen and oxygen atoms in total. The van der Waals surface area contributed by atoms with Gasteiger partial charge in [-0.2, -0.15) is 0 Å². The van der Waals surface area contributed by atoms with Crippen LogP contribution in [-0.2, 0) is 10.0 Å². The van der Waals surface area contributed by atoms with Gasteiger partial charge in [0.15, 0.2) is 5.11 Å². The molecule has 2 atom stereocenters. The maximum Gasteiger partial charge on any atom is 0.229 e. The summed E-state index contributed by atoms with van der Waals surface area (Å²) in [7, 11) is -3.40. The second kappa shape index (κ2) is 9.53. The minimum Gasteiger partial charge on any atom is -0.351 e. The molecular formula is C25H21ClFN5O2S2. The van der Waals surface area contributed by atoms with Crippen LogP contribution in [0.3, 0.4) is 0 Å². The van der Waals surface area contributed by atoms with Crippen LogP contribution in [0.1, 0.15) is 23.5 Å². The fourth-order valence-electron chi connectivity index (χ4n) is 4.34. The summed E-state index contributed by atoms with van der Waals surface area (Å²) in [5.41, 5.74) is 3.58. The van der Waals surface area contributed by atoms with E-state index in [1.165, 1.54) is 6.07 Å². The summed E-state index contributed by atoms with van der Waals surface area (Å²) in [5, 5.41) is 3.91.